The van der Waals surface area contributed by atoms with Crippen LogP contribution in [0.25, 0.3) is 0 Å². The van der Waals surface area contributed by atoms with Gasteiger partial charge in [-0.1, -0.05) is 18.7 Å². The van der Waals surface area contributed by atoms with Gasteiger partial charge in [-0.3, -0.25) is 4.79 Å². The van der Waals surface area contributed by atoms with E-state index in [0.717, 1.165) is 40.6 Å². The second-order valence-electron chi connectivity index (χ2n) is 6.76. The highest BCUT2D eigenvalue weighted by Crippen LogP contribution is 2.34. The Morgan fingerprint density at radius 3 is 2.71 bits per heavy atom. The molecule has 0 aliphatic carbocycles. The number of aryl methyl sites for hydroxylation is 1. The molecule has 1 aromatic heterocycles. The fraction of sp³-hybridized carbons (Fsp3) is 0.174. The first-order valence-corrected chi connectivity index (χ1v) is 10.9. The third kappa shape index (κ3) is 5.16. The molecule has 1 aliphatic heterocycles. The van der Waals surface area contributed by atoms with Gasteiger partial charge in [0.1, 0.15) is 11.5 Å². The molecule has 1 amide bonds. The zero-order chi connectivity index (χ0) is 21.6. The number of benzene rings is 2. The van der Waals surface area contributed by atoms with Crippen LogP contribution in [-0.2, 0) is 17.0 Å². The van der Waals surface area contributed by atoms with Crippen molar-refractivity contribution in [3.05, 3.63) is 72.4 Å². The molecule has 2 heterocycles. The summed E-state index contributed by atoms with van der Waals surface area (Å²) >= 11 is 1.83. The van der Waals surface area contributed by atoms with E-state index in [1.54, 1.807) is 19.2 Å². The average Bonchev–Trinajstić information content (AvgIpc) is 2.79. The van der Waals surface area contributed by atoms with Gasteiger partial charge in [-0.05, 0) is 42.5 Å². The van der Waals surface area contributed by atoms with Crippen molar-refractivity contribution in [3.63, 3.8) is 0 Å². The SMILES string of the molecule is C=CC(=O)Nc1cccc(Oc2nc(Nc3cccc(OC)c3)nc3c2CSCC3)c1. The largest absolute Gasteiger partial charge is 0.497 e. The van der Waals surface area contributed by atoms with Gasteiger partial charge in [0.25, 0.3) is 0 Å². The lowest BCUT2D eigenvalue weighted by atomic mass is 10.2. The van der Waals surface area contributed by atoms with E-state index in [0.29, 0.717) is 23.3 Å². The van der Waals surface area contributed by atoms with Crippen molar-refractivity contribution in [1.82, 2.24) is 9.97 Å². The molecule has 158 valence electrons. The maximum absolute atomic E-state index is 11.6. The van der Waals surface area contributed by atoms with Crippen LogP contribution in [0.1, 0.15) is 11.3 Å². The van der Waals surface area contributed by atoms with Crippen LogP contribution >= 0.6 is 11.8 Å². The molecule has 0 saturated heterocycles. The van der Waals surface area contributed by atoms with Crippen molar-refractivity contribution in [2.45, 2.75) is 12.2 Å². The number of hydrogen-bond donors (Lipinski definition) is 2. The van der Waals surface area contributed by atoms with Gasteiger partial charge in [0.15, 0.2) is 0 Å². The van der Waals surface area contributed by atoms with Crippen LogP contribution in [0.2, 0.25) is 0 Å². The molecule has 2 N–H and O–H groups in total. The molecule has 1 aliphatic rings. The minimum Gasteiger partial charge on any atom is -0.497 e. The number of aromatic nitrogens is 2. The molecule has 7 nitrogen and oxygen atoms in total. The minimum atomic E-state index is -0.280. The van der Waals surface area contributed by atoms with Gasteiger partial charge in [0.05, 0.1) is 12.8 Å². The highest BCUT2D eigenvalue weighted by Gasteiger charge is 2.20. The molecule has 2 aromatic carbocycles. The van der Waals surface area contributed by atoms with Gasteiger partial charge in [-0.2, -0.15) is 16.7 Å². The zero-order valence-corrected chi connectivity index (χ0v) is 17.9. The normalized spacial score (nSPS) is 12.4. The van der Waals surface area contributed by atoms with Crippen molar-refractivity contribution < 1.29 is 14.3 Å². The van der Waals surface area contributed by atoms with Crippen LogP contribution in [0.15, 0.2) is 61.2 Å². The lowest BCUT2D eigenvalue weighted by Gasteiger charge is -2.19. The van der Waals surface area contributed by atoms with Gasteiger partial charge in [-0.15, -0.1) is 0 Å². The Bertz CT molecular complexity index is 1120. The number of nitrogens with zero attached hydrogens (tertiary/aromatic N) is 2. The number of ether oxygens (including phenoxy) is 2. The number of carbonyl (C=O) groups is 1. The van der Waals surface area contributed by atoms with Crippen LogP contribution in [0.3, 0.4) is 0 Å². The van der Waals surface area contributed by atoms with Gasteiger partial charge >= 0.3 is 0 Å². The highest BCUT2D eigenvalue weighted by atomic mass is 32.2. The van der Waals surface area contributed by atoms with Gasteiger partial charge in [0, 0.05) is 34.8 Å². The molecule has 31 heavy (non-hydrogen) atoms. The number of anilines is 3. The Hall–Kier alpha value is -3.52. The summed E-state index contributed by atoms with van der Waals surface area (Å²) in [6, 6.07) is 14.8. The van der Waals surface area contributed by atoms with Crippen molar-refractivity contribution in [2.75, 3.05) is 23.5 Å². The molecule has 8 heteroatoms. The van der Waals surface area contributed by atoms with E-state index in [-0.39, 0.29) is 5.91 Å². The summed E-state index contributed by atoms with van der Waals surface area (Å²) in [5.74, 6) is 3.81. The maximum Gasteiger partial charge on any atom is 0.247 e. The standard InChI is InChI=1S/C23H22N4O3S/c1-3-21(28)24-15-6-5-9-18(13-15)30-22-19-14-31-11-10-20(19)26-23(27-22)25-16-7-4-8-17(12-16)29-2/h3-9,12-13H,1,10-11,14H2,2H3,(H,24,28)(H,25,26,27). The third-order valence-electron chi connectivity index (χ3n) is 4.61. The second-order valence-corrected chi connectivity index (χ2v) is 7.87. The van der Waals surface area contributed by atoms with Crippen molar-refractivity contribution in [2.24, 2.45) is 0 Å². The van der Waals surface area contributed by atoms with E-state index in [1.807, 2.05) is 48.2 Å². The number of hydrogen-bond acceptors (Lipinski definition) is 7. The Morgan fingerprint density at radius 2 is 1.90 bits per heavy atom. The van der Waals surface area contributed by atoms with E-state index in [4.69, 9.17) is 14.5 Å². The van der Waals surface area contributed by atoms with E-state index in [1.165, 1.54) is 6.08 Å². The van der Waals surface area contributed by atoms with Crippen LogP contribution in [0, 0.1) is 0 Å². The van der Waals surface area contributed by atoms with Crippen LogP contribution in [0.5, 0.6) is 17.4 Å². The minimum absolute atomic E-state index is 0.280. The zero-order valence-electron chi connectivity index (χ0n) is 17.1. The molecule has 0 radical (unpaired) electrons. The summed E-state index contributed by atoms with van der Waals surface area (Å²) in [5.41, 5.74) is 3.41. The van der Waals surface area contributed by atoms with Gasteiger partial charge in [-0.25, -0.2) is 4.98 Å². The summed E-state index contributed by atoms with van der Waals surface area (Å²) < 4.78 is 11.4. The van der Waals surface area contributed by atoms with E-state index >= 15 is 0 Å². The summed E-state index contributed by atoms with van der Waals surface area (Å²) in [7, 11) is 1.63. The van der Waals surface area contributed by atoms with Crippen molar-refractivity contribution >= 4 is 35.0 Å². The van der Waals surface area contributed by atoms with Crippen LogP contribution in [0.4, 0.5) is 17.3 Å². The quantitative estimate of drug-likeness (QED) is 0.510. The molecule has 0 spiro atoms. The van der Waals surface area contributed by atoms with Gasteiger partial charge < -0.3 is 20.1 Å². The Balaban J connectivity index is 1.63. The molecule has 0 fully saturated rings. The second kappa shape index (κ2) is 9.53. The van der Waals surface area contributed by atoms with Crippen LogP contribution in [-0.4, -0.2) is 28.7 Å². The Morgan fingerprint density at radius 1 is 1.13 bits per heavy atom. The predicted octanol–water partition coefficient (Wildman–Crippen LogP) is 4.93. The fourth-order valence-corrected chi connectivity index (χ4v) is 4.09. The highest BCUT2D eigenvalue weighted by molar-refractivity contribution is 7.98. The molecular formula is C23H22N4O3S. The maximum atomic E-state index is 11.6. The van der Waals surface area contributed by atoms with Crippen molar-refractivity contribution in [3.8, 4) is 17.4 Å². The number of rotatable bonds is 7. The number of methoxy groups -OCH3 is 1. The molecule has 0 saturated carbocycles. The number of thioether (sulfide) groups is 1. The molecule has 0 unspecified atom stereocenters. The molecule has 4 rings (SSSR count). The van der Waals surface area contributed by atoms with Crippen LogP contribution < -0.4 is 20.1 Å². The van der Waals surface area contributed by atoms with E-state index in [9.17, 15) is 4.79 Å². The average molecular weight is 435 g/mol. The molecule has 3 aromatic rings. The fourth-order valence-electron chi connectivity index (χ4n) is 3.11. The Labute approximate surface area is 184 Å². The smallest absolute Gasteiger partial charge is 0.247 e. The number of carbonyl (C=O) groups excluding carboxylic acids is 1. The monoisotopic (exact) mass is 434 g/mol. The topological polar surface area (TPSA) is 85.4 Å². The molecule has 0 bridgehead atoms. The first kappa shape index (κ1) is 20.7. The summed E-state index contributed by atoms with van der Waals surface area (Å²) in [5, 5.41) is 5.98. The summed E-state index contributed by atoms with van der Waals surface area (Å²) in [6.45, 7) is 3.47. The summed E-state index contributed by atoms with van der Waals surface area (Å²) in [4.78, 5) is 20.9. The Kier molecular flexibility index (Phi) is 6.37. The van der Waals surface area contributed by atoms with E-state index in [2.05, 4.69) is 22.2 Å². The predicted molar refractivity (Wildman–Crippen MR) is 124 cm³/mol. The third-order valence-corrected chi connectivity index (χ3v) is 5.60. The first-order chi connectivity index (χ1) is 15.1. The first-order valence-electron chi connectivity index (χ1n) is 9.74. The van der Waals surface area contributed by atoms with Crippen molar-refractivity contribution in [1.29, 1.82) is 0 Å². The lowest BCUT2D eigenvalue weighted by Crippen LogP contribution is -2.11. The number of fused-ring (bicyclic) bond motifs is 1. The molecular weight excluding hydrogens is 412 g/mol. The summed E-state index contributed by atoms with van der Waals surface area (Å²) in [6.07, 6.45) is 2.07. The molecule has 0 atom stereocenters. The lowest BCUT2D eigenvalue weighted by molar-refractivity contribution is -0.111. The van der Waals surface area contributed by atoms with Gasteiger partial charge in [0.2, 0.25) is 17.7 Å². The van der Waals surface area contributed by atoms with E-state index < -0.39 is 0 Å². The number of amides is 1. The number of nitrogens with one attached hydrogen (secondary N) is 2.